The molecule has 0 saturated heterocycles. The van der Waals surface area contributed by atoms with Crippen LogP contribution in [0.2, 0.25) is 0 Å². The molecule has 0 N–H and O–H groups in total. The van der Waals surface area contributed by atoms with Gasteiger partial charge in [-0.3, -0.25) is 0 Å². The third-order valence-corrected chi connectivity index (χ3v) is 13.4. The fourth-order valence-corrected chi connectivity index (χ4v) is 11.3. The summed E-state index contributed by atoms with van der Waals surface area (Å²) in [6, 6.07) is 33.8. The van der Waals surface area contributed by atoms with Crippen LogP contribution >= 0.6 is 23.5 Å². The van der Waals surface area contributed by atoms with Crippen molar-refractivity contribution in [3.8, 4) is 17.1 Å². The quantitative estimate of drug-likeness (QED) is 0.188. The Morgan fingerprint density at radius 3 is 2.55 bits per heavy atom. The average Bonchev–Trinajstić information content (AvgIpc) is 3.78. The monoisotopic (exact) mass is 640 g/mol. The summed E-state index contributed by atoms with van der Waals surface area (Å²) in [4.78, 5) is 4.33. The molecule has 3 aliphatic heterocycles. The Kier molecular flexibility index (Phi) is 5.61. The van der Waals surface area contributed by atoms with Crippen molar-refractivity contribution in [3.63, 3.8) is 0 Å². The SMILES string of the molecule is C1=C[C@H]2c3ccccc3SC2C(n2c3c(c4ccccc42)[N-]Cc2c-3n(-c3cccc4c3SC3=C(C=CCC3)C4)c3ccccc23)=C1. The van der Waals surface area contributed by atoms with E-state index in [1.165, 1.54) is 81.5 Å². The van der Waals surface area contributed by atoms with E-state index in [0.29, 0.717) is 17.7 Å². The lowest BCUT2D eigenvalue weighted by Crippen LogP contribution is -2.19. The summed E-state index contributed by atoms with van der Waals surface area (Å²) in [6.07, 6.45) is 15.0. The van der Waals surface area contributed by atoms with E-state index < -0.39 is 0 Å². The van der Waals surface area contributed by atoms with Gasteiger partial charge in [-0.25, -0.2) is 0 Å². The first-order valence-electron chi connectivity index (χ1n) is 16.6. The molecule has 2 aliphatic carbocycles. The third-order valence-electron chi connectivity index (χ3n) is 10.6. The van der Waals surface area contributed by atoms with Crippen LogP contribution in [-0.4, -0.2) is 14.4 Å². The fraction of sp³-hybridized carbons (Fsp3) is 0.143. The molecule has 5 aliphatic rings. The number of hydrogen-bond acceptors (Lipinski definition) is 2. The second kappa shape index (κ2) is 9.96. The third kappa shape index (κ3) is 3.67. The molecular formula is C42H30N3S2-. The average molecular weight is 641 g/mol. The molecule has 2 aromatic heterocycles. The van der Waals surface area contributed by atoms with Gasteiger partial charge in [-0.05, 0) is 82.2 Å². The minimum atomic E-state index is 0.297. The minimum Gasteiger partial charge on any atom is -0.678 e. The lowest BCUT2D eigenvalue weighted by atomic mass is 9.90. The van der Waals surface area contributed by atoms with Crippen molar-refractivity contribution in [2.75, 3.05) is 0 Å². The highest BCUT2D eigenvalue weighted by atomic mass is 32.2. The molecule has 0 saturated carbocycles. The van der Waals surface area contributed by atoms with Crippen LogP contribution in [0.1, 0.15) is 35.4 Å². The Bertz CT molecular complexity index is 2470. The molecule has 11 rings (SSSR count). The first-order valence-corrected chi connectivity index (χ1v) is 18.3. The van der Waals surface area contributed by atoms with Gasteiger partial charge in [0.15, 0.2) is 0 Å². The van der Waals surface area contributed by atoms with E-state index in [0.717, 1.165) is 24.9 Å². The molecular weight excluding hydrogens is 611 g/mol. The largest absolute Gasteiger partial charge is 0.678 e. The predicted octanol–water partition coefficient (Wildman–Crippen LogP) is 11.7. The van der Waals surface area contributed by atoms with Crippen molar-refractivity contribution in [1.29, 1.82) is 0 Å². The number of thioether (sulfide) groups is 2. The Balaban J connectivity index is 1.20. The molecule has 0 fully saturated rings. The molecule has 5 heteroatoms. The molecule has 1 unspecified atom stereocenters. The van der Waals surface area contributed by atoms with Gasteiger partial charge in [0, 0.05) is 26.8 Å². The van der Waals surface area contributed by atoms with E-state index in [1.54, 1.807) is 0 Å². The van der Waals surface area contributed by atoms with Crippen molar-refractivity contribution in [2.45, 2.75) is 46.8 Å². The van der Waals surface area contributed by atoms with Crippen LogP contribution in [0, 0.1) is 0 Å². The van der Waals surface area contributed by atoms with Gasteiger partial charge in [0.1, 0.15) is 0 Å². The Morgan fingerprint density at radius 2 is 1.62 bits per heavy atom. The van der Waals surface area contributed by atoms with Gasteiger partial charge in [-0.1, -0.05) is 103 Å². The van der Waals surface area contributed by atoms with Crippen LogP contribution in [0.3, 0.4) is 0 Å². The summed E-state index contributed by atoms with van der Waals surface area (Å²) in [7, 11) is 0. The number of rotatable bonds is 2. The molecule has 0 radical (unpaired) electrons. The fourth-order valence-electron chi connectivity index (χ4n) is 8.55. The van der Waals surface area contributed by atoms with Crippen molar-refractivity contribution in [2.24, 2.45) is 0 Å². The molecule has 6 aromatic rings. The van der Waals surface area contributed by atoms with Crippen LogP contribution in [-0.2, 0) is 13.0 Å². The zero-order valence-electron chi connectivity index (χ0n) is 25.7. The summed E-state index contributed by atoms with van der Waals surface area (Å²) in [5.41, 5.74) is 14.4. The van der Waals surface area contributed by atoms with Gasteiger partial charge in [-0.2, -0.15) is 0 Å². The molecule has 5 heterocycles. The number of para-hydroxylation sites is 2. The zero-order chi connectivity index (χ0) is 30.6. The predicted molar refractivity (Wildman–Crippen MR) is 198 cm³/mol. The molecule has 0 spiro atoms. The second-order valence-corrected chi connectivity index (χ2v) is 15.3. The van der Waals surface area contributed by atoms with E-state index in [1.807, 2.05) is 23.5 Å². The summed E-state index contributed by atoms with van der Waals surface area (Å²) >= 11 is 4.01. The summed E-state index contributed by atoms with van der Waals surface area (Å²) in [6.45, 7) is 0.678. The van der Waals surface area contributed by atoms with Crippen molar-refractivity contribution < 1.29 is 0 Å². The minimum absolute atomic E-state index is 0.297. The first kappa shape index (κ1) is 26.5. The summed E-state index contributed by atoms with van der Waals surface area (Å²) < 4.78 is 5.17. The number of nitrogens with zero attached hydrogens (tertiary/aromatic N) is 3. The maximum Gasteiger partial charge on any atom is 0.0714 e. The van der Waals surface area contributed by atoms with Gasteiger partial charge in [0.05, 0.1) is 33.4 Å². The number of allylic oxidation sites excluding steroid dienone is 7. The van der Waals surface area contributed by atoms with Gasteiger partial charge in [0.2, 0.25) is 0 Å². The Hall–Kier alpha value is -4.58. The highest BCUT2D eigenvalue weighted by molar-refractivity contribution is 8.03. The maximum absolute atomic E-state index is 5.40. The standard InChI is InChI=1S/C42H30N3S2/c1-7-21-36-25(11-1)23-26-12-9-19-34(41(26)46-36)44-32-17-5-2-13-27(32)31-24-43-38-30-15-3-6-18-33(30)45(40(38)39(31)44)35-20-10-16-29-28-14-4-8-22-37(28)47-42(29)35/h1-6,8-20,22,29,42H,7,21,23-24H2/q-1/t29-,42?/m0/s1. The van der Waals surface area contributed by atoms with E-state index in [9.17, 15) is 0 Å². The van der Waals surface area contributed by atoms with Crippen LogP contribution in [0.25, 0.3) is 49.9 Å². The van der Waals surface area contributed by atoms with Crippen LogP contribution in [0.5, 0.6) is 0 Å². The van der Waals surface area contributed by atoms with E-state index in [4.69, 9.17) is 5.32 Å². The number of aromatic nitrogens is 2. The van der Waals surface area contributed by atoms with Gasteiger partial charge in [0.25, 0.3) is 0 Å². The molecule has 0 bridgehead atoms. The molecule has 47 heavy (non-hydrogen) atoms. The van der Waals surface area contributed by atoms with Crippen LogP contribution in [0.15, 0.2) is 142 Å². The molecule has 0 amide bonds. The van der Waals surface area contributed by atoms with Crippen molar-refractivity contribution in [1.82, 2.24) is 9.13 Å². The Labute approximate surface area is 282 Å². The molecule has 4 aromatic carbocycles. The lowest BCUT2D eigenvalue weighted by Gasteiger charge is -2.33. The van der Waals surface area contributed by atoms with Crippen LogP contribution < -0.4 is 0 Å². The topological polar surface area (TPSA) is 24.0 Å². The first-order chi connectivity index (χ1) is 23.3. The highest BCUT2D eigenvalue weighted by Crippen LogP contribution is 2.57. The normalized spacial score (nSPS) is 20.3. The van der Waals surface area contributed by atoms with E-state index in [2.05, 4.69) is 131 Å². The molecule has 226 valence electrons. The maximum atomic E-state index is 5.40. The van der Waals surface area contributed by atoms with Gasteiger partial charge >= 0.3 is 0 Å². The lowest BCUT2D eigenvalue weighted by molar-refractivity contribution is 0.856. The van der Waals surface area contributed by atoms with E-state index in [-0.39, 0.29) is 0 Å². The van der Waals surface area contributed by atoms with Crippen LogP contribution in [0.4, 0.5) is 5.69 Å². The zero-order valence-corrected chi connectivity index (χ0v) is 27.3. The highest BCUT2D eigenvalue weighted by Gasteiger charge is 2.38. The number of benzene rings is 4. The summed E-state index contributed by atoms with van der Waals surface area (Å²) in [5.74, 6) is 0.350. The van der Waals surface area contributed by atoms with Crippen molar-refractivity contribution >= 4 is 56.7 Å². The summed E-state index contributed by atoms with van der Waals surface area (Å²) in [5, 5.41) is 8.22. The second-order valence-electron chi connectivity index (χ2n) is 13.1. The van der Waals surface area contributed by atoms with E-state index >= 15 is 0 Å². The number of hydrogen-bond donors (Lipinski definition) is 0. The Morgan fingerprint density at radius 1 is 0.787 bits per heavy atom. The van der Waals surface area contributed by atoms with Crippen molar-refractivity contribution in [3.05, 3.63) is 154 Å². The smallest absolute Gasteiger partial charge is 0.0714 e. The molecule has 3 nitrogen and oxygen atoms in total. The van der Waals surface area contributed by atoms with Gasteiger partial charge in [-0.15, -0.1) is 24.0 Å². The number of fused-ring (bicyclic) bond motifs is 11. The molecule has 2 atom stereocenters. The van der Waals surface area contributed by atoms with Gasteiger partial charge < -0.3 is 14.5 Å².